The molecular weight excluding hydrogens is 299 g/mol. The summed E-state index contributed by atoms with van der Waals surface area (Å²) in [5.41, 5.74) is -0.682. The summed E-state index contributed by atoms with van der Waals surface area (Å²) >= 11 is 0. The number of pyridine rings is 1. The molecule has 8 heteroatoms. The lowest BCUT2D eigenvalue weighted by Crippen LogP contribution is -2.37. The van der Waals surface area contributed by atoms with Crippen molar-refractivity contribution in [3.05, 3.63) is 29.6 Å². The van der Waals surface area contributed by atoms with Crippen LogP contribution < -0.4 is 5.32 Å². The number of alkyl halides is 3. The molecule has 0 spiro atoms. The van der Waals surface area contributed by atoms with E-state index in [1.807, 2.05) is 0 Å². The fraction of sp³-hybridized carbons (Fsp3) is 0.500. The van der Waals surface area contributed by atoms with Gasteiger partial charge < -0.3 is 10.2 Å². The van der Waals surface area contributed by atoms with Gasteiger partial charge in [0, 0.05) is 38.2 Å². The molecule has 0 aliphatic carbocycles. The van der Waals surface area contributed by atoms with Gasteiger partial charge in [0.2, 0.25) is 12.3 Å². The van der Waals surface area contributed by atoms with E-state index in [1.165, 1.54) is 24.0 Å². The summed E-state index contributed by atoms with van der Waals surface area (Å²) in [5.74, 6) is -0.575. The molecule has 1 aromatic heterocycles. The van der Waals surface area contributed by atoms with Crippen LogP contribution in [0.25, 0.3) is 0 Å². The molecule has 5 nitrogen and oxygen atoms in total. The minimum atomic E-state index is -4.50. The number of rotatable bonds is 7. The number of hydrogen-bond donors (Lipinski definition) is 1. The van der Waals surface area contributed by atoms with E-state index in [0.717, 1.165) is 6.07 Å². The number of amides is 2. The molecule has 0 radical (unpaired) electrons. The maximum atomic E-state index is 12.7. The first kappa shape index (κ1) is 17.9. The van der Waals surface area contributed by atoms with Crippen LogP contribution in [0.4, 0.5) is 13.2 Å². The zero-order valence-corrected chi connectivity index (χ0v) is 12.4. The Morgan fingerprint density at radius 1 is 1.45 bits per heavy atom. The van der Waals surface area contributed by atoms with E-state index < -0.39 is 11.9 Å². The van der Waals surface area contributed by atoms with Gasteiger partial charge in [0.05, 0.1) is 0 Å². The first-order valence-electron chi connectivity index (χ1n) is 6.72. The normalized spacial score (nSPS) is 12.6. The lowest BCUT2D eigenvalue weighted by Gasteiger charge is -2.24. The first-order valence-corrected chi connectivity index (χ1v) is 6.72. The quantitative estimate of drug-likeness (QED) is 0.616. The smallest absolute Gasteiger partial charge is 0.357 e. The molecule has 0 bridgehead atoms. The second-order valence-corrected chi connectivity index (χ2v) is 4.88. The van der Waals surface area contributed by atoms with Crippen molar-refractivity contribution >= 4 is 12.3 Å². The van der Waals surface area contributed by atoms with Crippen molar-refractivity contribution in [3.8, 4) is 0 Å². The van der Waals surface area contributed by atoms with Gasteiger partial charge in [0.25, 0.3) is 0 Å². The number of hydrogen-bond acceptors (Lipinski definition) is 3. The summed E-state index contributed by atoms with van der Waals surface area (Å²) in [5, 5.41) is 2.44. The topological polar surface area (TPSA) is 62.3 Å². The van der Waals surface area contributed by atoms with Crippen LogP contribution in [0.15, 0.2) is 18.2 Å². The van der Waals surface area contributed by atoms with E-state index in [-0.39, 0.29) is 37.2 Å². The van der Waals surface area contributed by atoms with Gasteiger partial charge >= 0.3 is 6.18 Å². The molecule has 0 saturated carbocycles. The lowest BCUT2D eigenvalue weighted by atomic mass is 10.1. The zero-order chi connectivity index (χ0) is 16.8. The summed E-state index contributed by atoms with van der Waals surface area (Å²) in [4.78, 5) is 26.8. The summed E-state index contributed by atoms with van der Waals surface area (Å²) in [6.07, 6.45) is -3.97. The monoisotopic (exact) mass is 317 g/mol. The molecule has 0 aromatic carbocycles. The molecule has 1 atom stereocenters. The van der Waals surface area contributed by atoms with Gasteiger partial charge in [-0.1, -0.05) is 13.0 Å². The third-order valence-electron chi connectivity index (χ3n) is 3.11. The molecule has 1 rings (SSSR count). The van der Waals surface area contributed by atoms with Crippen molar-refractivity contribution in [2.75, 3.05) is 19.6 Å². The zero-order valence-electron chi connectivity index (χ0n) is 12.4. The summed E-state index contributed by atoms with van der Waals surface area (Å²) in [7, 11) is 0. The summed E-state index contributed by atoms with van der Waals surface area (Å²) in [6, 6.07) is 3.71. The molecule has 0 aliphatic rings. The molecule has 122 valence electrons. The number of carbonyl (C=O) groups is 2. The molecule has 0 fully saturated rings. The molecule has 1 heterocycles. The average molecular weight is 317 g/mol. The number of carbonyl (C=O) groups excluding carboxylic acids is 2. The Morgan fingerprint density at radius 3 is 2.68 bits per heavy atom. The number of aromatic nitrogens is 1. The molecule has 22 heavy (non-hydrogen) atoms. The van der Waals surface area contributed by atoms with Gasteiger partial charge in [-0.3, -0.25) is 9.59 Å². The second kappa shape index (κ2) is 7.77. The van der Waals surface area contributed by atoms with E-state index >= 15 is 0 Å². The van der Waals surface area contributed by atoms with Crippen LogP contribution in [0.5, 0.6) is 0 Å². The highest BCUT2D eigenvalue weighted by molar-refractivity contribution is 5.73. The highest BCUT2D eigenvalue weighted by Gasteiger charge is 2.32. The Hall–Kier alpha value is -2.12. The Morgan fingerprint density at radius 2 is 2.14 bits per heavy atom. The maximum absolute atomic E-state index is 12.7. The van der Waals surface area contributed by atoms with Crippen LogP contribution in [0.2, 0.25) is 0 Å². The van der Waals surface area contributed by atoms with E-state index in [9.17, 15) is 22.8 Å². The highest BCUT2D eigenvalue weighted by Crippen LogP contribution is 2.28. The fourth-order valence-electron chi connectivity index (χ4n) is 1.94. The standard InChI is InChI=1S/C14H18F3N3O2/c1-10(8-20(11(2)22)7-6-18-9-21)12-4-3-5-13(19-12)14(15,16)17/h3-5,9-10H,6-8H2,1-2H3,(H,18,21). The Labute approximate surface area is 126 Å². The maximum Gasteiger partial charge on any atom is 0.433 e. The second-order valence-electron chi connectivity index (χ2n) is 4.88. The minimum absolute atomic E-state index is 0.216. The lowest BCUT2D eigenvalue weighted by molar-refractivity contribution is -0.141. The van der Waals surface area contributed by atoms with Crippen molar-refractivity contribution in [3.63, 3.8) is 0 Å². The van der Waals surface area contributed by atoms with Gasteiger partial charge in [0.15, 0.2) is 0 Å². The van der Waals surface area contributed by atoms with Crippen molar-refractivity contribution in [1.29, 1.82) is 0 Å². The number of nitrogens with zero attached hydrogens (tertiary/aromatic N) is 2. The SMILES string of the molecule is CC(=O)N(CCNC=O)CC(C)c1cccc(C(F)(F)F)n1. The number of halogens is 3. The van der Waals surface area contributed by atoms with E-state index in [2.05, 4.69) is 10.3 Å². The molecule has 0 saturated heterocycles. The molecule has 1 unspecified atom stereocenters. The molecule has 1 aromatic rings. The van der Waals surface area contributed by atoms with Gasteiger partial charge in [0.1, 0.15) is 5.69 Å². The van der Waals surface area contributed by atoms with Crippen LogP contribution in [0.1, 0.15) is 31.2 Å². The Balaban J connectivity index is 2.79. The molecule has 0 aliphatic heterocycles. The van der Waals surface area contributed by atoms with E-state index in [1.54, 1.807) is 6.92 Å². The number of nitrogens with one attached hydrogen (secondary N) is 1. The van der Waals surface area contributed by atoms with Crippen LogP contribution in [0.3, 0.4) is 0 Å². The average Bonchev–Trinajstić information content (AvgIpc) is 2.45. The summed E-state index contributed by atoms with van der Waals surface area (Å²) < 4.78 is 38.0. The first-order chi connectivity index (χ1) is 10.3. The molecule has 2 amide bonds. The van der Waals surface area contributed by atoms with Gasteiger partial charge in [-0.2, -0.15) is 13.2 Å². The predicted octanol–water partition coefficient (Wildman–Crippen LogP) is 1.80. The largest absolute Gasteiger partial charge is 0.433 e. The van der Waals surface area contributed by atoms with Crippen molar-refractivity contribution < 1.29 is 22.8 Å². The molecular formula is C14H18F3N3O2. The van der Waals surface area contributed by atoms with Crippen LogP contribution in [0, 0.1) is 0 Å². The summed E-state index contributed by atoms with van der Waals surface area (Å²) in [6.45, 7) is 3.87. The van der Waals surface area contributed by atoms with Crippen LogP contribution in [-0.2, 0) is 15.8 Å². The highest BCUT2D eigenvalue weighted by atomic mass is 19.4. The van der Waals surface area contributed by atoms with Gasteiger partial charge in [-0.15, -0.1) is 0 Å². The third-order valence-corrected chi connectivity index (χ3v) is 3.11. The van der Waals surface area contributed by atoms with Crippen molar-refractivity contribution in [2.45, 2.75) is 25.9 Å². The fourth-order valence-corrected chi connectivity index (χ4v) is 1.94. The van der Waals surface area contributed by atoms with Crippen LogP contribution >= 0.6 is 0 Å². The Kier molecular flexibility index (Phi) is 6.33. The van der Waals surface area contributed by atoms with Crippen molar-refractivity contribution in [2.24, 2.45) is 0 Å². The minimum Gasteiger partial charge on any atom is -0.357 e. The molecule has 1 N–H and O–H groups in total. The van der Waals surface area contributed by atoms with E-state index in [4.69, 9.17) is 0 Å². The van der Waals surface area contributed by atoms with Crippen LogP contribution in [-0.4, -0.2) is 41.8 Å². The predicted molar refractivity (Wildman–Crippen MR) is 74.0 cm³/mol. The third kappa shape index (κ3) is 5.34. The van der Waals surface area contributed by atoms with Gasteiger partial charge in [-0.05, 0) is 12.1 Å². The van der Waals surface area contributed by atoms with Crippen molar-refractivity contribution in [1.82, 2.24) is 15.2 Å². The van der Waals surface area contributed by atoms with E-state index in [0.29, 0.717) is 6.41 Å². The Bertz CT molecular complexity index is 520. The van der Waals surface area contributed by atoms with Gasteiger partial charge in [-0.25, -0.2) is 4.98 Å².